The van der Waals surface area contributed by atoms with E-state index in [2.05, 4.69) is 160 Å². The SMILES string of the molecule is c1ccc(-n2c3ccccc3c3cc(-c4ccc5c(c4)c4ccccc4n5-c4ccc(C5=NC[N-]c6c5oc5ccccc65)cc4)ccc32)cc1. The summed E-state index contributed by atoms with van der Waals surface area (Å²) >= 11 is 0. The first kappa shape index (κ1) is 28.0. The predicted octanol–water partition coefficient (Wildman–Crippen LogP) is 12.1. The molecule has 51 heavy (non-hydrogen) atoms. The first-order valence-electron chi connectivity index (χ1n) is 17.3. The molecule has 0 aliphatic carbocycles. The Bertz CT molecular complexity index is 3010. The van der Waals surface area contributed by atoms with Crippen LogP contribution in [0.5, 0.6) is 0 Å². The molecule has 0 fully saturated rings. The van der Waals surface area contributed by atoms with E-state index in [0.29, 0.717) is 6.67 Å². The fourth-order valence-corrected chi connectivity index (χ4v) is 8.03. The van der Waals surface area contributed by atoms with Crippen molar-refractivity contribution >= 4 is 66.0 Å². The van der Waals surface area contributed by atoms with Crippen molar-refractivity contribution in [3.8, 4) is 22.5 Å². The average Bonchev–Trinajstić information content (AvgIpc) is 3.86. The molecule has 0 saturated heterocycles. The third-order valence-electron chi connectivity index (χ3n) is 10.3. The second-order valence-electron chi connectivity index (χ2n) is 13.1. The monoisotopic (exact) mass is 653 g/mol. The first-order chi connectivity index (χ1) is 25.3. The van der Waals surface area contributed by atoms with Gasteiger partial charge in [0.25, 0.3) is 0 Å². The molecule has 1 aliphatic heterocycles. The van der Waals surface area contributed by atoms with Gasteiger partial charge in [0, 0.05) is 43.9 Å². The van der Waals surface area contributed by atoms with Crippen molar-refractivity contribution in [1.82, 2.24) is 9.13 Å². The smallest absolute Gasteiger partial charge is 0.139 e. The fraction of sp³-hybridized carbons (Fsp3) is 0.0217. The van der Waals surface area contributed by atoms with Gasteiger partial charge in [-0.3, -0.25) is 4.99 Å². The number of aromatic nitrogens is 2. The zero-order valence-corrected chi connectivity index (χ0v) is 27.5. The molecule has 0 amide bonds. The molecule has 0 unspecified atom stereocenters. The molecule has 0 radical (unpaired) electrons. The molecule has 10 aromatic rings. The van der Waals surface area contributed by atoms with E-state index < -0.39 is 0 Å². The quantitative estimate of drug-likeness (QED) is 0.186. The summed E-state index contributed by atoms with van der Waals surface area (Å²) in [5, 5.41) is 10.7. The largest absolute Gasteiger partial charge is 0.663 e. The topological polar surface area (TPSA) is 49.5 Å². The van der Waals surface area contributed by atoms with Gasteiger partial charge in [-0.2, -0.15) is 0 Å². The van der Waals surface area contributed by atoms with Crippen LogP contribution >= 0.6 is 0 Å². The predicted molar refractivity (Wildman–Crippen MR) is 210 cm³/mol. The number of furan rings is 1. The van der Waals surface area contributed by atoms with Crippen LogP contribution < -0.4 is 0 Å². The Hall–Kier alpha value is -6.85. The maximum atomic E-state index is 6.26. The summed E-state index contributed by atoms with van der Waals surface area (Å²) in [5.41, 5.74) is 13.0. The number of rotatable bonds is 4. The van der Waals surface area contributed by atoms with E-state index in [0.717, 1.165) is 39.4 Å². The van der Waals surface area contributed by atoms with Gasteiger partial charge in [0.1, 0.15) is 17.1 Å². The highest BCUT2D eigenvalue weighted by atomic mass is 16.3. The molecule has 5 nitrogen and oxygen atoms in total. The van der Waals surface area contributed by atoms with E-state index in [4.69, 9.17) is 9.41 Å². The highest BCUT2D eigenvalue weighted by molar-refractivity contribution is 6.19. The van der Waals surface area contributed by atoms with Gasteiger partial charge >= 0.3 is 0 Å². The van der Waals surface area contributed by atoms with Crippen LogP contribution in [-0.4, -0.2) is 21.5 Å². The molecule has 0 atom stereocenters. The first-order valence-corrected chi connectivity index (χ1v) is 17.3. The number of hydrogen-bond donors (Lipinski definition) is 0. The molecule has 0 bridgehead atoms. The third kappa shape index (κ3) is 4.18. The Balaban J connectivity index is 1.02. The summed E-state index contributed by atoms with van der Waals surface area (Å²) in [4.78, 5) is 4.77. The second-order valence-corrected chi connectivity index (χ2v) is 13.1. The molecule has 0 saturated carbocycles. The van der Waals surface area contributed by atoms with Crippen LogP contribution in [0.4, 0.5) is 5.69 Å². The molecule has 1 aliphatic rings. The Morgan fingerprint density at radius 2 is 0.961 bits per heavy atom. The number of para-hydroxylation sites is 4. The third-order valence-corrected chi connectivity index (χ3v) is 10.3. The number of fused-ring (bicyclic) bond motifs is 9. The molecule has 0 N–H and O–H groups in total. The van der Waals surface area contributed by atoms with E-state index in [9.17, 15) is 0 Å². The molecule has 4 heterocycles. The second kappa shape index (κ2) is 10.8. The van der Waals surface area contributed by atoms with Gasteiger partial charge in [-0.25, -0.2) is 0 Å². The molecule has 3 aromatic heterocycles. The summed E-state index contributed by atoms with van der Waals surface area (Å²) in [5.74, 6) is 0.738. The maximum Gasteiger partial charge on any atom is 0.139 e. The molecular weight excluding hydrogens is 625 g/mol. The lowest BCUT2D eigenvalue weighted by Crippen LogP contribution is -2.07. The number of aliphatic imine (C=N–C) groups is 1. The molecule has 5 heteroatoms. The average molecular weight is 654 g/mol. The van der Waals surface area contributed by atoms with Gasteiger partial charge in [-0.05, 0) is 84.5 Å². The van der Waals surface area contributed by atoms with E-state index in [1.54, 1.807) is 0 Å². The van der Waals surface area contributed by atoms with Crippen molar-refractivity contribution in [1.29, 1.82) is 0 Å². The lowest BCUT2D eigenvalue weighted by Gasteiger charge is -2.25. The summed E-state index contributed by atoms with van der Waals surface area (Å²) in [7, 11) is 0. The van der Waals surface area contributed by atoms with Gasteiger partial charge in [-0.15, -0.1) is 0 Å². The highest BCUT2D eigenvalue weighted by Gasteiger charge is 2.19. The van der Waals surface area contributed by atoms with Crippen molar-refractivity contribution in [2.45, 2.75) is 0 Å². The summed E-state index contributed by atoms with van der Waals surface area (Å²) in [6, 6.07) is 58.5. The Kier molecular flexibility index (Phi) is 5.95. The van der Waals surface area contributed by atoms with Crippen LogP contribution in [0.3, 0.4) is 0 Å². The standard InChI is InChI=1S/C46H29N4O/c1-2-10-32(11-3-1)49-39-15-7-4-12-34(39)37-26-30(20-24-41(37)49)31-21-25-42-38(27-31)35-13-5-8-16-40(35)50(42)33-22-18-29(19-23-33)44-46-45(48-28-47-44)36-14-6-9-17-43(36)51-46/h1-27H,28H2/q-1. The van der Waals surface area contributed by atoms with E-state index in [1.165, 1.54) is 60.4 Å². The van der Waals surface area contributed by atoms with E-state index in [1.807, 2.05) is 18.2 Å². The summed E-state index contributed by atoms with van der Waals surface area (Å²) in [6.07, 6.45) is 0. The molecule has 11 rings (SSSR count). The number of nitrogens with zero attached hydrogens (tertiary/aromatic N) is 4. The lowest BCUT2D eigenvalue weighted by molar-refractivity contribution is 0.605. The van der Waals surface area contributed by atoms with Gasteiger partial charge in [0.2, 0.25) is 0 Å². The van der Waals surface area contributed by atoms with Crippen LogP contribution in [0.25, 0.3) is 82.4 Å². The zero-order chi connectivity index (χ0) is 33.5. The Morgan fingerprint density at radius 3 is 1.61 bits per heavy atom. The van der Waals surface area contributed by atoms with Crippen molar-refractivity contribution < 1.29 is 4.42 Å². The van der Waals surface area contributed by atoms with Crippen LogP contribution in [0.2, 0.25) is 0 Å². The van der Waals surface area contributed by atoms with E-state index in [-0.39, 0.29) is 0 Å². The maximum absolute atomic E-state index is 6.26. The molecule has 0 spiro atoms. The molecule has 240 valence electrons. The van der Waals surface area contributed by atoms with Crippen LogP contribution in [0.15, 0.2) is 173 Å². The van der Waals surface area contributed by atoms with Gasteiger partial charge in [-0.1, -0.05) is 103 Å². The van der Waals surface area contributed by atoms with Gasteiger partial charge < -0.3 is 18.9 Å². The van der Waals surface area contributed by atoms with Crippen molar-refractivity contribution in [3.63, 3.8) is 0 Å². The van der Waals surface area contributed by atoms with Gasteiger partial charge in [0.15, 0.2) is 0 Å². The molecule has 7 aromatic carbocycles. The van der Waals surface area contributed by atoms with Crippen molar-refractivity contribution in [3.05, 3.63) is 180 Å². The van der Waals surface area contributed by atoms with Crippen molar-refractivity contribution in [2.24, 2.45) is 4.99 Å². The Morgan fingerprint density at radius 1 is 0.451 bits per heavy atom. The lowest BCUT2D eigenvalue weighted by atomic mass is 10.0. The number of benzene rings is 7. The van der Waals surface area contributed by atoms with Gasteiger partial charge in [0.05, 0.1) is 22.1 Å². The zero-order valence-electron chi connectivity index (χ0n) is 27.5. The molecular formula is C46H29N4O-. The fourth-order valence-electron chi connectivity index (χ4n) is 8.03. The summed E-state index contributed by atoms with van der Waals surface area (Å²) < 4.78 is 11.0. The minimum atomic E-state index is 0.394. The van der Waals surface area contributed by atoms with Crippen LogP contribution in [-0.2, 0) is 0 Å². The Labute approximate surface area is 293 Å². The van der Waals surface area contributed by atoms with Crippen molar-refractivity contribution in [2.75, 3.05) is 6.67 Å². The minimum Gasteiger partial charge on any atom is -0.663 e. The highest BCUT2D eigenvalue weighted by Crippen LogP contribution is 2.41. The summed E-state index contributed by atoms with van der Waals surface area (Å²) in [6.45, 7) is 0.394. The van der Waals surface area contributed by atoms with Crippen LogP contribution in [0.1, 0.15) is 11.3 Å². The normalized spacial score (nSPS) is 12.9. The van der Waals surface area contributed by atoms with E-state index >= 15 is 0 Å². The van der Waals surface area contributed by atoms with Crippen LogP contribution in [0, 0.1) is 0 Å². The number of hydrogen-bond acceptors (Lipinski definition) is 2. The minimum absolute atomic E-state index is 0.394.